The Balaban J connectivity index is 1.48. The first kappa shape index (κ1) is 16.4. The summed E-state index contributed by atoms with van der Waals surface area (Å²) in [7, 11) is 1.89. The Labute approximate surface area is 161 Å². The van der Waals surface area contributed by atoms with Crippen molar-refractivity contribution < 1.29 is 4.74 Å². The molecule has 5 aromatic rings. The van der Waals surface area contributed by atoms with Gasteiger partial charge < -0.3 is 4.74 Å². The highest BCUT2D eigenvalue weighted by Gasteiger charge is 2.14. The predicted octanol–water partition coefficient (Wildman–Crippen LogP) is 4.19. The van der Waals surface area contributed by atoms with Crippen molar-refractivity contribution in [3.8, 4) is 23.0 Å². The summed E-state index contributed by atoms with van der Waals surface area (Å²) >= 11 is 0. The van der Waals surface area contributed by atoms with E-state index in [2.05, 4.69) is 21.9 Å². The third kappa shape index (κ3) is 2.60. The molecule has 1 aromatic carbocycles. The van der Waals surface area contributed by atoms with Crippen molar-refractivity contribution in [1.29, 1.82) is 0 Å². The summed E-state index contributed by atoms with van der Waals surface area (Å²) in [5.41, 5.74) is 5.40. The highest BCUT2D eigenvalue weighted by Crippen LogP contribution is 2.29. The predicted molar refractivity (Wildman–Crippen MR) is 107 cm³/mol. The fraction of sp³-hybridized carbons (Fsp3) is 0.143. The Kier molecular flexibility index (Phi) is 3.79. The number of rotatable bonds is 4. The number of ether oxygens (including phenoxy) is 1. The molecule has 5 rings (SSSR count). The zero-order chi connectivity index (χ0) is 19.1. The topological polar surface area (TPSA) is 70.7 Å². The lowest BCUT2D eigenvalue weighted by Gasteiger charge is -2.05. The molecule has 0 amide bonds. The van der Waals surface area contributed by atoms with Gasteiger partial charge in [-0.1, -0.05) is 0 Å². The number of pyridine rings is 2. The largest absolute Gasteiger partial charge is 0.425 e. The van der Waals surface area contributed by atoms with Gasteiger partial charge in [0.25, 0.3) is 0 Å². The van der Waals surface area contributed by atoms with E-state index in [9.17, 15) is 0 Å². The number of aromatic nitrogens is 6. The average molecular weight is 370 g/mol. The van der Waals surface area contributed by atoms with Crippen molar-refractivity contribution in [3.63, 3.8) is 0 Å². The quantitative estimate of drug-likeness (QED) is 0.474. The van der Waals surface area contributed by atoms with E-state index in [4.69, 9.17) is 9.84 Å². The molecular formula is C21H18N6O. The zero-order valence-corrected chi connectivity index (χ0v) is 15.6. The van der Waals surface area contributed by atoms with Crippen molar-refractivity contribution in [1.82, 2.24) is 29.3 Å². The van der Waals surface area contributed by atoms with E-state index in [1.54, 1.807) is 12.4 Å². The van der Waals surface area contributed by atoms with Crippen LogP contribution in [0.5, 0.6) is 11.8 Å². The van der Waals surface area contributed by atoms with Gasteiger partial charge in [-0.3, -0.25) is 14.2 Å². The van der Waals surface area contributed by atoms with Gasteiger partial charge in [0.15, 0.2) is 5.65 Å². The van der Waals surface area contributed by atoms with Crippen molar-refractivity contribution in [2.24, 2.45) is 7.05 Å². The van der Waals surface area contributed by atoms with Crippen LogP contribution in [0, 0.1) is 0 Å². The normalized spacial score (nSPS) is 11.4. The molecule has 138 valence electrons. The third-order valence-corrected chi connectivity index (χ3v) is 4.73. The van der Waals surface area contributed by atoms with E-state index in [-0.39, 0.29) is 0 Å². The number of nitrogens with zero attached hydrogens (tertiary/aromatic N) is 6. The van der Waals surface area contributed by atoms with Crippen LogP contribution in [0.1, 0.15) is 6.92 Å². The Bertz CT molecular complexity index is 1290. The summed E-state index contributed by atoms with van der Waals surface area (Å²) in [6, 6.07) is 16.1. The van der Waals surface area contributed by atoms with Crippen LogP contribution in [0.25, 0.3) is 33.5 Å². The van der Waals surface area contributed by atoms with Crippen LogP contribution in [-0.2, 0) is 13.6 Å². The van der Waals surface area contributed by atoms with E-state index in [1.165, 1.54) is 0 Å². The van der Waals surface area contributed by atoms with Crippen molar-refractivity contribution in [2.45, 2.75) is 13.5 Å². The third-order valence-electron chi connectivity index (χ3n) is 4.73. The van der Waals surface area contributed by atoms with Gasteiger partial charge in [0.05, 0.1) is 5.52 Å². The maximum absolute atomic E-state index is 5.97. The molecule has 0 saturated heterocycles. The minimum absolute atomic E-state index is 0.504. The molecule has 0 N–H and O–H groups in total. The van der Waals surface area contributed by atoms with Gasteiger partial charge in [-0.2, -0.15) is 10.1 Å². The lowest BCUT2D eigenvalue weighted by atomic mass is 10.1. The summed E-state index contributed by atoms with van der Waals surface area (Å²) in [5, 5.41) is 4.72. The van der Waals surface area contributed by atoms with E-state index >= 15 is 0 Å². The Hall–Kier alpha value is -3.74. The summed E-state index contributed by atoms with van der Waals surface area (Å²) in [6.45, 7) is 2.87. The fourth-order valence-electron chi connectivity index (χ4n) is 3.33. The second-order valence-corrected chi connectivity index (χ2v) is 6.46. The number of benzene rings is 1. The first-order valence-electron chi connectivity index (χ1n) is 9.12. The highest BCUT2D eigenvalue weighted by molar-refractivity contribution is 5.89. The molecule has 0 aliphatic rings. The molecule has 28 heavy (non-hydrogen) atoms. The molecule has 0 radical (unpaired) electrons. The molecule has 0 fully saturated rings. The molecule has 0 spiro atoms. The monoisotopic (exact) mass is 370 g/mol. The van der Waals surface area contributed by atoms with Crippen LogP contribution >= 0.6 is 0 Å². The number of fused-ring (bicyclic) bond motifs is 2. The van der Waals surface area contributed by atoms with Crippen LogP contribution in [-0.4, -0.2) is 29.3 Å². The van der Waals surface area contributed by atoms with Crippen LogP contribution in [0.2, 0.25) is 0 Å². The summed E-state index contributed by atoms with van der Waals surface area (Å²) in [6.07, 6.45) is 3.54. The van der Waals surface area contributed by atoms with E-state index in [0.29, 0.717) is 11.8 Å². The van der Waals surface area contributed by atoms with Gasteiger partial charge >= 0.3 is 6.01 Å². The minimum atomic E-state index is 0.504. The van der Waals surface area contributed by atoms with Crippen LogP contribution in [0.15, 0.2) is 60.9 Å². The summed E-state index contributed by atoms with van der Waals surface area (Å²) in [5.74, 6) is 0.703. The molecule has 0 saturated carbocycles. The molecule has 0 aliphatic heterocycles. The number of imidazole rings is 1. The standard InChI is InChI=1S/C21H18N6O/c1-3-27-17-7-5-12-22-19(17)18(25-27)14-8-10-15(11-9-14)28-21-24-16-6-4-13-23-20(16)26(21)2/h4-13H,3H2,1-2H3. The van der Waals surface area contributed by atoms with Gasteiger partial charge in [0.2, 0.25) is 0 Å². The highest BCUT2D eigenvalue weighted by atomic mass is 16.5. The average Bonchev–Trinajstić information content (AvgIpc) is 3.27. The maximum atomic E-state index is 5.97. The molecule has 0 bridgehead atoms. The number of hydrogen-bond donors (Lipinski definition) is 0. The molecule has 4 aromatic heterocycles. The van der Waals surface area contributed by atoms with E-state index < -0.39 is 0 Å². The van der Waals surface area contributed by atoms with Crippen molar-refractivity contribution in [3.05, 3.63) is 60.9 Å². The molecule has 0 atom stereocenters. The first-order chi connectivity index (χ1) is 13.7. The second kappa shape index (κ2) is 6.45. The summed E-state index contributed by atoms with van der Waals surface area (Å²) < 4.78 is 9.77. The first-order valence-corrected chi connectivity index (χ1v) is 9.12. The zero-order valence-electron chi connectivity index (χ0n) is 15.6. The SMILES string of the molecule is CCn1nc(-c2ccc(Oc3nc4cccnc4n3C)cc2)c2ncccc21. The van der Waals surface area contributed by atoms with Gasteiger partial charge in [-0.25, -0.2) is 4.98 Å². The van der Waals surface area contributed by atoms with E-state index in [1.807, 2.05) is 64.8 Å². The van der Waals surface area contributed by atoms with Gasteiger partial charge in [-0.05, 0) is 55.5 Å². The van der Waals surface area contributed by atoms with Crippen molar-refractivity contribution in [2.75, 3.05) is 0 Å². The van der Waals surface area contributed by atoms with Crippen LogP contribution in [0.3, 0.4) is 0 Å². The summed E-state index contributed by atoms with van der Waals surface area (Å²) in [4.78, 5) is 13.4. The van der Waals surface area contributed by atoms with Gasteiger partial charge in [0, 0.05) is 31.5 Å². The Morgan fingerprint density at radius 1 is 0.964 bits per heavy atom. The molecule has 0 unspecified atom stereocenters. The van der Waals surface area contributed by atoms with Crippen LogP contribution in [0.4, 0.5) is 0 Å². The molecule has 7 nitrogen and oxygen atoms in total. The molecule has 0 aliphatic carbocycles. The minimum Gasteiger partial charge on any atom is -0.425 e. The second-order valence-electron chi connectivity index (χ2n) is 6.46. The molecular weight excluding hydrogens is 352 g/mol. The van der Waals surface area contributed by atoms with Crippen LogP contribution < -0.4 is 4.74 Å². The molecule has 4 heterocycles. The lowest BCUT2D eigenvalue weighted by Crippen LogP contribution is -1.96. The fourth-order valence-corrected chi connectivity index (χ4v) is 3.33. The van der Waals surface area contributed by atoms with Gasteiger partial charge in [-0.15, -0.1) is 0 Å². The smallest absolute Gasteiger partial charge is 0.303 e. The van der Waals surface area contributed by atoms with Gasteiger partial charge in [0.1, 0.15) is 22.5 Å². The number of aryl methyl sites for hydroxylation is 2. The Morgan fingerprint density at radius 3 is 2.54 bits per heavy atom. The molecule has 7 heteroatoms. The van der Waals surface area contributed by atoms with E-state index in [0.717, 1.165) is 40.0 Å². The Morgan fingerprint density at radius 2 is 1.75 bits per heavy atom. The number of hydrogen-bond acceptors (Lipinski definition) is 5. The lowest BCUT2D eigenvalue weighted by molar-refractivity contribution is 0.427. The van der Waals surface area contributed by atoms with Crippen molar-refractivity contribution >= 4 is 22.2 Å². The maximum Gasteiger partial charge on any atom is 0.303 e.